The van der Waals surface area contributed by atoms with Gasteiger partial charge < -0.3 is 0 Å². The minimum absolute atomic E-state index is 0.0510. The summed E-state index contributed by atoms with van der Waals surface area (Å²) in [7, 11) is 0. The predicted molar refractivity (Wildman–Crippen MR) is 53.8 cm³/mol. The Hall–Kier alpha value is -0.280. The molecular formula is C12H18F4. The van der Waals surface area contributed by atoms with Gasteiger partial charge in [0.2, 0.25) is 11.8 Å². The van der Waals surface area contributed by atoms with E-state index in [1.165, 1.54) is 0 Å². The van der Waals surface area contributed by atoms with Gasteiger partial charge in [-0.05, 0) is 37.5 Å². The van der Waals surface area contributed by atoms with E-state index in [2.05, 4.69) is 0 Å². The maximum atomic E-state index is 12.9. The Kier molecular flexibility index (Phi) is 3.19. The average molecular weight is 238 g/mol. The van der Waals surface area contributed by atoms with Crippen molar-refractivity contribution >= 4 is 0 Å². The molecule has 0 bridgehead atoms. The van der Waals surface area contributed by atoms with E-state index >= 15 is 0 Å². The molecule has 0 aromatic carbocycles. The highest BCUT2D eigenvalue weighted by Gasteiger charge is 2.41. The molecule has 0 unspecified atom stereocenters. The van der Waals surface area contributed by atoms with E-state index in [1.807, 2.05) is 0 Å². The number of hydrogen-bond acceptors (Lipinski definition) is 0. The van der Waals surface area contributed by atoms with Crippen LogP contribution in [0.15, 0.2) is 0 Å². The van der Waals surface area contributed by atoms with Gasteiger partial charge in [0.15, 0.2) is 0 Å². The third kappa shape index (κ3) is 2.89. The van der Waals surface area contributed by atoms with E-state index < -0.39 is 11.8 Å². The van der Waals surface area contributed by atoms with Crippen LogP contribution >= 0.6 is 0 Å². The van der Waals surface area contributed by atoms with Crippen molar-refractivity contribution in [2.75, 3.05) is 0 Å². The van der Waals surface area contributed by atoms with Crippen molar-refractivity contribution in [2.24, 2.45) is 11.8 Å². The topological polar surface area (TPSA) is 0 Å². The molecule has 2 aliphatic carbocycles. The highest BCUT2D eigenvalue weighted by atomic mass is 19.3. The van der Waals surface area contributed by atoms with Crippen LogP contribution in [0, 0.1) is 11.8 Å². The second kappa shape index (κ2) is 4.19. The molecule has 2 rings (SSSR count). The molecule has 0 aromatic rings. The number of hydrogen-bond donors (Lipinski definition) is 0. The monoisotopic (exact) mass is 238 g/mol. The van der Waals surface area contributed by atoms with E-state index in [0.717, 1.165) is 0 Å². The zero-order valence-corrected chi connectivity index (χ0v) is 9.32. The Morgan fingerprint density at radius 2 is 0.812 bits per heavy atom. The lowest BCUT2D eigenvalue weighted by Gasteiger charge is -2.37. The first-order valence-electron chi connectivity index (χ1n) is 6.14. The summed E-state index contributed by atoms with van der Waals surface area (Å²) < 4.78 is 51.8. The lowest BCUT2D eigenvalue weighted by molar-refractivity contribution is -0.0762. The van der Waals surface area contributed by atoms with E-state index in [9.17, 15) is 17.6 Å². The average Bonchev–Trinajstić information content (AvgIpc) is 2.19. The first-order chi connectivity index (χ1) is 7.38. The summed E-state index contributed by atoms with van der Waals surface area (Å²) in [6, 6.07) is 0. The van der Waals surface area contributed by atoms with Crippen LogP contribution in [0.3, 0.4) is 0 Å². The van der Waals surface area contributed by atoms with Gasteiger partial charge in [0, 0.05) is 25.7 Å². The Morgan fingerprint density at radius 3 is 1.06 bits per heavy atom. The van der Waals surface area contributed by atoms with Crippen LogP contribution in [-0.4, -0.2) is 11.8 Å². The second-order valence-electron chi connectivity index (χ2n) is 5.39. The quantitative estimate of drug-likeness (QED) is 0.584. The summed E-state index contributed by atoms with van der Waals surface area (Å²) in [6.45, 7) is 0. The van der Waals surface area contributed by atoms with Gasteiger partial charge in [-0.15, -0.1) is 0 Å². The number of halogens is 4. The summed E-state index contributed by atoms with van der Waals surface area (Å²) >= 11 is 0. The minimum atomic E-state index is -2.50. The van der Waals surface area contributed by atoms with Crippen molar-refractivity contribution in [1.82, 2.24) is 0 Å². The Morgan fingerprint density at radius 1 is 0.562 bits per heavy atom. The van der Waals surface area contributed by atoms with Crippen LogP contribution in [0.4, 0.5) is 17.6 Å². The molecular weight excluding hydrogens is 220 g/mol. The lowest BCUT2D eigenvalue weighted by atomic mass is 9.72. The molecule has 0 aromatic heterocycles. The third-order valence-electron chi connectivity index (χ3n) is 4.19. The van der Waals surface area contributed by atoms with Crippen molar-refractivity contribution in [3.8, 4) is 0 Å². The summed E-state index contributed by atoms with van der Waals surface area (Å²) in [5, 5.41) is 0. The van der Waals surface area contributed by atoms with Gasteiger partial charge in [-0.25, -0.2) is 17.6 Å². The first kappa shape index (κ1) is 12.2. The lowest BCUT2D eigenvalue weighted by Crippen LogP contribution is -2.33. The normalized spacial score (nSPS) is 31.5. The zero-order chi connectivity index (χ0) is 11.8. The van der Waals surface area contributed by atoms with Gasteiger partial charge in [-0.1, -0.05) is 0 Å². The fraction of sp³-hybridized carbons (Fsp3) is 1.00. The fourth-order valence-electron chi connectivity index (χ4n) is 3.07. The Labute approximate surface area is 93.4 Å². The van der Waals surface area contributed by atoms with Crippen LogP contribution in [0.25, 0.3) is 0 Å². The molecule has 0 spiro atoms. The molecule has 0 heterocycles. The van der Waals surface area contributed by atoms with Gasteiger partial charge in [-0.2, -0.15) is 0 Å². The summed E-state index contributed by atoms with van der Waals surface area (Å²) in [4.78, 5) is 0. The predicted octanol–water partition coefficient (Wildman–Crippen LogP) is 4.64. The maximum Gasteiger partial charge on any atom is 0.248 e. The molecule has 0 radical (unpaired) electrons. The molecule has 2 saturated carbocycles. The minimum Gasteiger partial charge on any atom is -0.207 e. The Balaban J connectivity index is 1.82. The standard InChI is InChI=1S/C12H18F4/c13-11(14)5-1-9(2-6-11)10-3-7-12(15,16)8-4-10/h9-10H,1-8H2. The summed E-state index contributed by atoms with van der Waals surface area (Å²) in [6.07, 6.45) is 1.86. The van der Waals surface area contributed by atoms with Crippen molar-refractivity contribution < 1.29 is 17.6 Å². The second-order valence-corrected chi connectivity index (χ2v) is 5.39. The molecule has 0 saturated heterocycles. The first-order valence-corrected chi connectivity index (χ1v) is 6.14. The summed E-state index contributed by atoms with van der Waals surface area (Å²) in [5.74, 6) is -4.49. The van der Waals surface area contributed by atoms with Gasteiger partial charge in [-0.3, -0.25) is 0 Å². The smallest absolute Gasteiger partial charge is 0.207 e. The van der Waals surface area contributed by atoms with E-state index in [4.69, 9.17) is 0 Å². The molecule has 16 heavy (non-hydrogen) atoms. The molecule has 0 aliphatic heterocycles. The zero-order valence-electron chi connectivity index (χ0n) is 9.32. The van der Waals surface area contributed by atoms with E-state index in [0.29, 0.717) is 25.7 Å². The molecule has 0 N–H and O–H groups in total. The Bertz CT molecular complexity index is 203. The molecule has 0 atom stereocenters. The largest absolute Gasteiger partial charge is 0.248 e. The fourth-order valence-corrected chi connectivity index (χ4v) is 3.07. The number of rotatable bonds is 1. The van der Waals surface area contributed by atoms with Gasteiger partial charge in [0.05, 0.1) is 0 Å². The SMILES string of the molecule is FC1(F)CCC(C2CCC(F)(F)CC2)CC1. The van der Waals surface area contributed by atoms with Crippen LogP contribution < -0.4 is 0 Å². The van der Waals surface area contributed by atoms with Crippen LogP contribution in [0.2, 0.25) is 0 Å². The molecule has 2 aliphatic rings. The maximum absolute atomic E-state index is 12.9. The van der Waals surface area contributed by atoms with Gasteiger partial charge >= 0.3 is 0 Å². The molecule has 4 heteroatoms. The van der Waals surface area contributed by atoms with Gasteiger partial charge in [0.25, 0.3) is 0 Å². The van der Waals surface area contributed by atoms with Crippen LogP contribution in [-0.2, 0) is 0 Å². The molecule has 0 amide bonds. The van der Waals surface area contributed by atoms with E-state index in [-0.39, 0.29) is 37.5 Å². The van der Waals surface area contributed by atoms with Crippen LogP contribution in [0.5, 0.6) is 0 Å². The highest BCUT2D eigenvalue weighted by Crippen LogP contribution is 2.45. The highest BCUT2D eigenvalue weighted by molar-refractivity contribution is 4.86. The molecule has 2 fully saturated rings. The molecule has 0 nitrogen and oxygen atoms in total. The van der Waals surface area contributed by atoms with Crippen molar-refractivity contribution in [3.05, 3.63) is 0 Å². The van der Waals surface area contributed by atoms with Crippen molar-refractivity contribution in [1.29, 1.82) is 0 Å². The molecule has 94 valence electrons. The third-order valence-corrected chi connectivity index (χ3v) is 4.19. The number of alkyl halides is 4. The van der Waals surface area contributed by atoms with Gasteiger partial charge in [0.1, 0.15) is 0 Å². The van der Waals surface area contributed by atoms with Crippen molar-refractivity contribution in [2.45, 2.75) is 63.2 Å². The van der Waals surface area contributed by atoms with Crippen molar-refractivity contribution in [3.63, 3.8) is 0 Å². The van der Waals surface area contributed by atoms with E-state index in [1.54, 1.807) is 0 Å². The summed E-state index contributed by atoms with van der Waals surface area (Å²) in [5.41, 5.74) is 0. The van der Waals surface area contributed by atoms with Crippen LogP contribution in [0.1, 0.15) is 51.4 Å².